The molecule has 2 N–H and O–H groups in total. The van der Waals surface area contributed by atoms with E-state index in [2.05, 4.69) is 0 Å². The number of fused-ring (bicyclic) bond motifs is 1. The fourth-order valence-corrected chi connectivity index (χ4v) is 2.61. The van der Waals surface area contributed by atoms with Crippen LogP contribution in [0.2, 0.25) is 0 Å². The monoisotopic (exact) mass is 296 g/mol. The first-order chi connectivity index (χ1) is 9.09. The van der Waals surface area contributed by atoms with E-state index in [-0.39, 0.29) is 4.90 Å². The highest BCUT2D eigenvalue weighted by atomic mass is 32.2. The molecule has 0 radical (unpaired) electrons. The SMILES string of the molecule is CC(C)(C)OC(=O)n1ccc2c(S(N)(=O)=O)cccc21. The maximum absolute atomic E-state index is 12.1. The van der Waals surface area contributed by atoms with Crippen molar-refractivity contribution in [1.82, 2.24) is 4.57 Å². The normalized spacial score (nSPS) is 12.6. The van der Waals surface area contributed by atoms with Crippen LogP contribution in [0, 0.1) is 0 Å². The average molecular weight is 296 g/mol. The van der Waals surface area contributed by atoms with Crippen LogP contribution in [0.1, 0.15) is 20.8 Å². The van der Waals surface area contributed by atoms with Crippen molar-refractivity contribution < 1.29 is 17.9 Å². The summed E-state index contributed by atoms with van der Waals surface area (Å²) in [5.41, 5.74) is -0.198. The number of sulfonamides is 1. The largest absolute Gasteiger partial charge is 0.443 e. The first-order valence-corrected chi connectivity index (χ1v) is 7.50. The Morgan fingerprint density at radius 2 is 1.90 bits per heavy atom. The minimum Gasteiger partial charge on any atom is -0.443 e. The van der Waals surface area contributed by atoms with Crippen molar-refractivity contribution in [2.24, 2.45) is 5.14 Å². The maximum Gasteiger partial charge on any atom is 0.418 e. The first-order valence-electron chi connectivity index (χ1n) is 5.96. The minimum atomic E-state index is -3.84. The Morgan fingerprint density at radius 3 is 2.45 bits per heavy atom. The Bertz CT molecular complexity index is 769. The van der Waals surface area contributed by atoms with Crippen LogP contribution in [0.15, 0.2) is 35.4 Å². The van der Waals surface area contributed by atoms with E-state index in [0.717, 1.165) is 0 Å². The van der Waals surface area contributed by atoms with Crippen LogP contribution in [-0.4, -0.2) is 24.7 Å². The molecule has 1 aromatic heterocycles. The number of hydrogen-bond donors (Lipinski definition) is 1. The number of primary sulfonamides is 1. The lowest BCUT2D eigenvalue weighted by molar-refractivity contribution is 0.0544. The molecule has 0 fully saturated rings. The molecule has 7 heteroatoms. The van der Waals surface area contributed by atoms with Crippen LogP contribution in [0.4, 0.5) is 4.79 Å². The van der Waals surface area contributed by atoms with Crippen molar-refractivity contribution in [3.8, 4) is 0 Å². The summed E-state index contributed by atoms with van der Waals surface area (Å²) in [7, 11) is -3.84. The van der Waals surface area contributed by atoms with Crippen LogP contribution < -0.4 is 5.14 Å². The summed E-state index contributed by atoms with van der Waals surface area (Å²) in [6, 6.07) is 6.09. The fraction of sp³-hybridized carbons (Fsp3) is 0.308. The van der Waals surface area contributed by atoms with Crippen molar-refractivity contribution in [3.63, 3.8) is 0 Å². The molecule has 2 aromatic rings. The van der Waals surface area contributed by atoms with Gasteiger partial charge in [-0.3, -0.25) is 4.57 Å². The zero-order valence-electron chi connectivity index (χ0n) is 11.5. The van der Waals surface area contributed by atoms with Gasteiger partial charge in [-0.1, -0.05) is 6.07 Å². The van der Waals surface area contributed by atoms with E-state index >= 15 is 0 Å². The molecule has 1 heterocycles. The van der Waals surface area contributed by atoms with Crippen molar-refractivity contribution >= 4 is 27.0 Å². The van der Waals surface area contributed by atoms with Gasteiger partial charge in [0.15, 0.2) is 0 Å². The summed E-state index contributed by atoms with van der Waals surface area (Å²) in [5.74, 6) is 0. The molecule has 0 spiro atoms. The topological polar surface area (TPSA) is 91.4 Å². The standard InChI is InChI=1S/C13H16N2O4S/c1-13(2,3)19-12(16)15-8-7-9-10(15)5-4-6-11(9)20(14,17)18/h4-8H,1-3H3,(H2,14,17,18). The highest BCUT2D eigenvalue weighted by Gasteiger charge is 2.21. The van der Waals surface area contributed by atoms with E-state index in [1.165, 1.54) is 29.0 Å². The molecular formula is C13H16N2O4S. The number of hydrogen-bond acceptors (Lipinski definition) is 4. The molecule has 108 valence electrons. The van der Waals surface area contributed by atoms with Gasteiger partial charge in [0.05, 0.1) is 10.4 Å². The fourth-order valence-electron chi connectivity index (χ4n) is 1.86. The molecule has 6 nitrogen and oxygen atoms in total. The molecule has 0 aliphatic rings. The summed E-state index contributed by atoms with van der Waals surface area (Å²) in [6.07, 6.45) is 0.895. The summed E-state index contributed by atoms with van der Waals surface area (Å²) in [4.78, 5) is 12.0. The van der Waals surface area contributed by atoms with Gasteiger partial charge < -0.3 is 4.74 Å². The number of ether oxygens (including phenoxy) is 1. The molecular weight excluding hydrogens is 280 g/mol. The first kappa shape index (κ1) is 14.5. The van der Waals surface area contributed by atoms with Crippen LogP contribution >= 0.6 is 0 Å². The maximum atomic E-state index is 12.1. The predicted octanol–water partition coefficient (Wildman–Crippen LogP) is 2.07. The average Bonchev–Trinajstić information content (AvgIpc) is 2.68. The smallest absolute Gasteiger partial charge is 0.418 e. The van der Waals surface area contributed by atoms with E-state index < -0.39 is 21.7 Å². The van der Waals surface area contributed by atoms with E-state index in [1.807, 2.05) is 0 Å². The lowest BCUT2D eigenvalue weighted by Crippen LogP contribution is -2.26. The van der Waals surface area contributed by atoms with Crippen LogP contribution in [0.3, 0.4) is 0 Å². The van der Waals surface area contributed by atoms with Gasteiger partial charge in [0, 0.05) is 11.6 Å². The number of carbonyl (C=O) groups excluding carboxylic acids is 1. The second kappa shape index (κ2) is 4.60. The third-order valence-electron chi connectivity index (χ3n) is 2.59. The summed E-state index contributed by atoms with van der Waals surface area (Å²) >= 11 is 0. The summed E-state index contributed by atoms with van der Waals surface area (Å²) < 4.78 is 29.5. The van der Waals surface area contributed by atoms with E-state index in [4.69, 9.17) is 9.88 Å². The van der Waals surface area contributed by atoms with Crippen LogP contribution in [0.5, 0.6) is 0 Å². The molecule has 0 saturated carbocycles. The molecule has 0 amide bonds. The van der Waals surface area contributed by atoms with Crippen molar-refractivity contribution in [3.05, 3.63) is 30.5 Å². The lowest BCUT2D eigenvalue weighted by Gasteiger charge is -2.19. The molecule has 1 aromatic carbocycles. The number of nitrogens with zero attached hydrogens (tertiary/aromatic N) is 1. The molecule has 0 unspecified atom stereocenters. The highest BCUT2D eigenvalue weighted by molar-refractivity contribution is 7.89. The minimum absolute atomic E-state index is 0.0164. The molecule has 0 aliphatic heterocycles. The zero-order valence-corrected chi connectivity index (χ0v) is 12.3. The number of rotatable bonds is 1. The molecule has 2 rings (SSSR count). The van der Waals surface area contributed by atoms with E-state index in [1.54, 1.807) is 26.8 Å². The summed E-state index contributed by atoms with van der Waals surface area (Å²) in [5, 5.41) is 5.55. The van der Waals surface area contributed by atoms with Crippen LogP contribution in [-0.2, 0) is 14.8 Å². The second-order valence-corrected chi connectivity index (χ2v) is 6.93. The van der Waals surface area contributed by atoms with Gasteiger partial charge in [-0.2, -0.15) is 0 Å². The van der Waals surface area contributed by atoms with Gasteiger partial charge in [0.2, 0.25) is 10.0 Å². The zero-order chi connectivity index (χ0) is 15.1. The second-order valence-electron chi connectivity index (χ2n) is 5.40. The summed E-state index contributed by atoms with van der Waals surface area (Å²) in [6.45, 7) is 5.27. The van der Waals surface area contributed by atoms with Crippen LogP contribution in [0.25, 0.3) is 10.9 Å². The Balaban J connectivity index is 2.57. The Hall–Kier alpha value is -1.86. The quantitative estimate of drug-likeness (QED) is 0.872. The number of benzene rings is 1. The van der Waals surface area contributed by atoms with Crippen molar-refractivity contribution in [2.75, 3.05) is 0 Å². The van der Waals surface area contributed by atoms with Gasteiger partial charge in [0.25, 0.3) is 0 Å². The highest BCUT2D eigenvalue weighted by Crippen LogP contribution is 2.24. The molecule has 0 aliphatic carbocycles. The van der Waals surface area contributed by atoms with Gasteiger partial charge in [-0.15, -0.1) is 0 Å². The lowest BCUT2D eigenvalue weighted by atomic mass is 10.2. The van der Waals surface area contributed by atoms with Gasteiger partial charge in [-0.25, -0.2) is 18.4 Å². The van der Waals surface area contributed by atoms with Gasteiger partial charge in [-0.05, 0) is 39.0 Å². The third-order valence-corrected chi connectivity index (χ3v) is 3.56. The Kier molecular flexibility index (Phi) is 3.35. The predicted molar refractivity (Wildman–Crippen MR) is 74.9 cm³/mol. The van der Waals surface area contributed by atoms with Gasteiger partial charge in [0.1, 0.15) is 5.60 Å². The van der Waals surface area contributed by atoms with Crippen molar-refractivity contribution in [2.45, 2.75) is 31.3 Å². The molecule has 20 heavy (non-hydrogen) atoms. The van der Waals surface area contributed by atoms with E-state index in [0.29, 0.717) is 10.9 Å². The van der Waals surface area contributed by atoms with E-state index in [9.17, 15) is 13.2 Å². The third kappa shape index (κ3) is 2.83. The Labute approximate surface area is 117 Å². The molecule has 0 atom stereocenters. The molecule has 0 bridgehead atoms. The Morgan fingerprint density at radius 1 is 1.25 bits per heavy atom. The number of nitrogens with two attached hydrogens (primary N) is 1. The van der Waals surface area contributed by atoms with Gasteiger partial charge >= 0.3 is 6.09 Å². The number of aromatic nitrogens is 1. The molecule has 0 saturated heterocycles. The number of carbonyl (C=O) groups is 1. The van der Waals surface area contributed by atoms with Crippen molar-refractivity contribution in [1.29, 1.82) is 0 Å².